The first-order valence-corrected chi connectivity index (χ1v) is 8.86. The highest BCUT2D eigenvalue weighted by molar-refractivity contribution is 5.97. The van der Waals surface area contributed by atoms with Crippen molar-refractivity contribution in [2.45, 2.75) is 50.5 Å². The lowest BCUT2D eigenvalue weighted by molar-refractivity contribution is -0.120. The lowest BCUT2D eigenvalue weighted by Crippen LogP contribution is -2.35. The molecule has 1 aromatic rings. The molecule has 3 N–H and O–H groups in total. The zero-order valence-corrected chi connectivity index (χ0v) is 15.5. The van der Waals surface area contributed by atoms with E-state index in [0.29, 0.717) is 0 Å². The topological polar surface area (TPSA) is 70.2 Å². The number of anilines is 2. The SMILES string of the molecule is Cl.O=C(Nc1cc(NC(=O)C2CC(F)(F)CN2)ccc1F)C1CCCCC1. The first-order chi connectivity index (χ1) is 12.3. The fourth-order valence-corrected chi connectivity index (χ4v) is 3.43. The van der Waals surface area contributed by atoms with Crippen LogP contribution in [0.15, 0.2) is 18.2 Å². The number of amides is 2. The van der Waals surface area contributed by atoms with Gasteiger partial charge in [0.05, 0.1) is 18.3 Å². The Bertz CT molecular complexity index is 696. The predicted molar refractivity (Wildman–Crippen MR) is 98.8 cm³/mol. The van der Waals surface area contributed by atoms with Crippen molar-refractivity contribution in [1.29, 1.82) is 0 Å². The molecule has 1 atom stereocenters. The molecule has 5 nitrogen and oxygen atoms in total. The minimum atomic E-state index is -2.91. The molecule has 1 saturated carbocycles. The van der Waals surface area contributed by atoms with Crippen LogP contribution in [0.5, 0.6) is 0 Å². The summed E-state index contributed by atoms with van der Waals surface area (Å²) in [5.74, 6) is -4.50. The van der Waals surface area contributed by atoms with Crippen LogP contribution < -0.4 is 16.0 Å². The number of nitrogens with one attached hydrogen (secondary N) is 3. The molecule has 1 heterocycles. The molecule has 9 heteroatoms. The van der Waals surface area contributed by atoms with E-state index in [0.717, 1.165) is 38.2 Å². The predicted octanol–water partition coefficient (Wildman–Crippen LogP) is 3.70. The highest BCUT2D eigenvalue weighted by Gasteiger charge is 2.42. The van der Waals surface area contributed by atoms with Gasteiger partial charge in [0.15, 0.2) is 0 Å². The van der Waals surface area contributed by atoms with Crippen molar-refractivity contribution >= 4 is 35.6 Å². The van der Waals surface area contributed by atoms with E-state index in [-0.39, 0.29) is 35.6 Å². The standard InChI is InChI=1S/C18H22F3N3O2.ClH/c19-13-7-6-12(23-17(26)15-9-18(20,21)10-22-15)8-14(13)24-16(25)11-4-2-1-3-5-11;/h6-8,11,15,22H,1-5,9-10H2,(H,23,26)(H,24,25);1H. The second-order valence-electron chi connectivity index (χ2n) is 7.00. The number of benzene rings is 1. The molecule has 0 spiro atoms. The van der Waals surface area contributed by atoms with Crippen LogP contribution in [0.2, 0.25) is 0 Å². The average molecular weight is 406 g/mol. The Morgan fingerprint density at radius 2 is 1.78 bits per heavy atom. The third kappa shape index (κ3) is 5.59. The van der Waals surface area contributed by atoms with Crippen LogP contribution in [0.25, 0.3) is 0 Å². The van der Waals surface area contributed by atoms with E-state index in [1.165, 1.54) is 12.1 Å². The van der Waals surface area contributed by atoms with Gasteiger partial charge in [-0.15, -0.1) is 12.4 Å². The fourth-order valence-electron chi connectivity index (χ4n) is 3.43. The Hall–Kier alpha value is -1.80. The number of hydrogen-bond acceptors (Lipinski definition) is 3. The molecule has 0 radical (unpaired) electrons. The van der Waals surface area contributed by atoms with Crippen molar-refractivity contribution in [2.24, 2.45) is 5.92 Å². The van der Waals surface area contributed by atoms with Crippen LogP contribution >= 0.6 is 12.4 Å². The molecule has 1 aromatic carbocycles. The molecule has 1 aliphatic carbocycles. The van der Waals surface area contributed by atoms with Crippen molar-refractivity contribution in [2.75, 3.05) is 17.2 Å². The Labute approximate surface area is 161 Å². The summed E-state index contributed by atoms with van der Waals surface area (Å²) in [6, 6.07) is 2.76. The molecule has 150 valence electrons. The molecular formula is C18H23ClF3N3O2. The van der Waals surface area contributed by atoms with Crippen LogP contribution in [0, 0.1) is 11.7 Å². The van der Waals surface area contributed by atoms with Crippen LogP contribution in [-0.4, -0.2) is 30.3 Å². The highest BCUT2D eigenvalue weighted by atomic mass is 35.5. The molecule has 2 amide bonds. The summed E-state index contributed by atoms with van der Waals surface area (Å²) >= 11 is 0. The molecule has 0 bridgehead atoms. The lowest BCUT2D eigenvalue weighted by Gasteiger charge is -2.21. The Morgan fingerprint density at radius 1 is 1.07 bits per heavy atom. The summed E-state index contributed by atoms with van der Waals surface area (Å²) in [4.78, 5) is 24.4. The minimum absolute atomic E-state index is 0. The number of carbonyl (C=O) groups excluding carboxylic acids is 2. The van der Waals surface area contributed by atoms with E-state index in [1.54, 1.807) is 0 Å². The van der Waals surface area contributed by atoms with Crippen molar-refractivity contribution in [1.82, 2.24) is 5.32 Å². The summed E-state index contributed by atoms with van der Waals surface area (Å²) in [5, 5.41) is 7.53. The number of rotatable bonds is 4. The highest BCUT2D eigenvalue weighted by Crippen LogP contribution is 2.28. The zero-order valence-electron chi connectivity index (χ0n) is 14.7. The second-order valence-corrected chi connectivity index (χ2v) is 7.00. The van der Waals surface area contributed by atoms with Gasteiger partial charge in [-0.2, -0.15) is 0 Å². The van der Waals surface area contributed by atoms with E-state index in [9.17, 15) is 22.8 Å². The van der Waals surface area contributed by atoms with Gasteiger partial charge in [-0.25, -0.2) is 13.2 Å². The van der Waals surface area contributed by atoms with E-state index in [4.69, 9.17) is 0 Å². The maximum absolute atomic E-state index is 14.0. The van der Waals surface area contributed by atoms with E-state index in [1.807, 2.05) is 0 Å². The first kappa shape index (κ1) is 21.5. The number of alkyl halides is 2. The van der Waals surface area contributed by atoms with Gasteiger partial charge >= 0.3 is 0 Å². The number of carbonyl (C=O) groups is 2. The van der Waals surface area contributed by atoms with E-state index >= 15 is 0 Å². The number of halogens is 4. The van der Waals surface area contributed by atoms with Crippen molar-refractivity contribution in [3.05, 3.63) is 24.0 Å². The average Bonchev–Trinajstić information content (AvgIpc) is 2.98. The Kier molecular flexibility index (Phi) is 7.11. The van der Waals surface area contributed by atoms with Gasteiger partial charge in [0.25, 0.3) is 5.92 Å². The van der Waals surface area contributed by atoms with Crippen molar-refractivity contribution in [3.63, 3.8) is 0 Å². The van der Waals surface area contributed by atoms with Crippen LogP contribution in [-0.2, 0) is 9.59 Å². The second kappa shape index (κ2) is 8.93. The molecular weight excluding hydrogens is 383 g/mol. The van der Waals surface area contributed by atoms with Gasteiger partial charge in [-0.05, 0) is 31.0 Å². The Morgan fingerprint density at radius 3 is 2.41 bits per heavy atom. The third-order valence-electron chi connectivity index (χ3n) is 4.89. The maximum atomic E-state index is 14.0. The Balaban J connectivity index is 0.00000261. The smallest absolute Gasteiger partial charge is 0.262 e. The minimum Gasteiger partial charge on any atom is -0.325 e. The molecule has 1 aliphatic heterocycles. The number of hydrogen-bond donors (Lipinski definition) is 3. The quantitative estimate of drug-likeness (QED) is 0.715. The van der Waals surface area contributed by atoms with Gasteiger partial charge in [0, 0.05) is 18.0 Å². The molecule has 2 fully saturated rings. The van der Waals surface area contributed by atoms with Gasteiger partial charge in [0.2, 0.25) is 11.8 Å². The molecule has 27 heavy (non-hydrogen) atoms. The summed E-state index contributed by atoms with van der Waals surface area (Å²) in [6.45, 7) is -0.544. The summed E-state index contributed by atoms with van der Waals surface area (Å²) < 4.78 is 40.4. The van der Waals surface area contributed by atoms with Gasteiger partial charge in [-0.3, -0.25) is 14.9 Å². The lowest BCUT2D eigenvalue weighted by atomic mass is 9.88. The largest absolute Gasteiger partial charge is 0.325 e. The summed E-state index contributed by atoms with van der Waals surface area (Å²) in [7, 11) is 0. The maximum Gasteiger partial charge on any atom is 0.262 e. The third-order valence-corrected chi connectivity index (χ3v) is 4.89. The molecule has 3 rings (SSSR count). The van der Waals surface area contributed by atoms with Gasteiger partial charge < -0.3 is 10.6 Å². The molecule has 1 unspecified atom stereocenters. The molecule has 2 aliphatic rings. The molecule has 0 aromatic heterocycles. The normalized spacial score (nSPS) is 22.0. The fraction of sp³-hybridized carbons (Fsp3) is 0.556. The van der Waals surface area contributed by atoms with Crippen molar-refractivity contribution in [3.8, 4) is 0 Å². The molecule has 1 saturated heterocycles. The first-order valence-electron chi connectivity index (χ1n) is 8.86. The monoisotopic (exact) mass is 405 g/mol. The van der Waals surface area contributed by atoms with E-state index in [2.05, 4.69) is 16.0 Å². The van der Waals surface area contributed by atoms with Crippen molar-refractivity contribution < 1.29 is 22.8 Å². The van der Waals surface area contributed by atoms with Crippen LogP contribution in [0.1, 0.15) is 38.5 Å². The zero-order chi connectivity index (χ0) is 18.7. The van der Waals surface area contributed by atoms with Gasteiger partial charge in [-0.1, -0.05) is 19.3 Å². The van der Waals surface area contributed by atoms with Gasteiger partial charge in [0.1, 0.15) is 5.82 Å². The van der Waals surface area contributed by atoms with Crippen LogP contribution in [0.3, 0.4) is 0 Å². The summed E-state index contributed by atoms with van der Waals surface area (Å²) in [5.41, 5.74) is 0.218. The van der Waals surface area contributed by atoms with Crippen LogP contribution in [0.4, 0.5) is 24.5 Å². The van der Waals surface area contributed by atoms with E-state index < -0.39 is 36.7 Å². The summed E-state index contributed by atoms with van der Waals surface area (Å²) in [6.07, 6.45) is 4.06.